The van der Waals surface area contributed by atoms with Gasteiger partial charge in [0.05, 0.1) is 6.10 Å². The van der Waals surface area contributed by atoms with Gasteiger partial charge in [-0.25, -0.2) is 4.79 Å². The molecule has 0 spiro atoms. The van der Waals surface area contributed by atoms with Gasteiger partial charge in [0.25, 0.3) is 11.5 Å². The van der Waals surface area contributed by atoms with Crippen LogP contribution in [0.1, 0.15) is 22.5 Å². The zero-order chi connectivity index (χ0) is 25.3. The van der Waals surface area contributed by atoms with Crippen LogP contribution < -0.4 is 22.3 Å². The van der Waals surface area contributed by atoms with Crippen LogP contribution in [0.15, 0.2) is 56.6 Å². The van der Waals surface area contributed by atoms with Crippen LogP contribution in [0.2, 0.25) is 0 Å². The minimum Gasteiger partial charge on any atom is -0.451 e. The molecule has 1 saturated heterocycles. The lowest BCUT2D eigenvalue weighted by Crippen LogP contribution is -2.43. The highest BCUT2D eigenvalue weighted by Gasteiger charge is 2.39. The number of hydrogen-bond donors (Lipinski definition) is 4. The molecule has 0 unspecified atom stereocenters. The molecule has 12 heteroatoms. The summed E-state index contributed by atoms with van der Waals surface area (Å²) in [6, 6.07) is 8.76. The van der Waals surface area contributed by atoms with Crippen LogP contribution in [-0.4, -0.2) is 56.0 Å². The van der Waals surface area contributed by atoms with E-state index in [4.69, 9.17) is 10.2 Å². The highest BCUT2D eigenvalue weighted by atomic mass is 16.4. The van der Waals surface area contributed by atoms with Gasteiger partial charge in [-0.05, 0) is 31.2 Å². The molecule has 12 nitrogen and oxygen atoms in total. The van der Waals surface area contributed by atoms with E-state index in [9.17, 15) is 29.1 Å². The van der Waals surface area contributed by atoms with Crippen molar-refractivity contribution in [1.29, 1.82) is 0 Å². The number of aromatic amines is 1. The van der Waals surface area contributed by atoms with Crippen LogP contribution in [0.5, 0.6) is 0 Å². The molecule has 4 rings (SSSR count). The third-order valence-corrected chi connectivity index (χ3v) is 5.62. The first-order valence-corrected chi connectivity index (χ1v) is 10.7. The summed E-state index contributed by atoms with van der Waals surface area (Å²) in [6.07, 6.45) is 0.532. The third kappa shape index (κ3) is 5.06. The molecule has 5 N–H and O–H groups in total. The summed E-state index contributed by atoms with van der Waals surface area (Å²) >= 11 is 0. The summed E-state index contributed by atoms with van der Waals surface area (Å²) < 4.78 is 6.78. The van der Waals surface area contributed by atoms with Crippen molar-refractivity contribution >= 4 is 23.4 Å². The number of nitrogens with one attached hydrogen (secondary N) is 2. The normalized spacial score (nSPS) is 17.4. The predicted octanol–water partition coefficient (Wildman–Crippen LogP) is -0.196. The Morgan fingerprint density at radius 1 is 1.23 bits per heavy atom. The van der Waals surface area contributed by atoms with Gasteiger partial charge in [-0.15, -0.1) is 0 Å². The molecule has 1 aliphatic heterocycles. The number of rotatable bonds is 6. The lowest BCUT2D eigenvalue weighted by atomic mass is 10.1. The number of aliphatic hydroxyl groups excluding tert-OH is 1. The van der Waals surface area contributed by atoms with Gasteiger partial charge in [0.2, 0.25) is 11.8 Å². The second-order valence-electron chi connectivity index (χ2n) is 8.26. The predicted molar refractivity (Wildman–Crippen MR) is 123 cm³/mol. The number of aromatic nitrogens is 2. The van der Waals surface area contributed by atoms with Crippen LogP contribution >= 0.6 is 0 Å². The summed E-state index contributed by atoms with van der Waals surface area (Å²) in [5.74, 6) is -1.45. The van der Waals surface area contributed by atoms with E-state index in [0.717, 1.165) is 4.57 Å². The van der Waals surface area contributed by atoms with E-state index in [1.54, 1.807) is 30.3 Å². The molecule has 0 radical (unpaired) electrons. The van der Waals surface area contributed by atoms with E-state index in [2.05, 4.69) is 10.3 Å². The van der Waals surface area contributed by atoms with Gasteiger partial charge in [-0.1, -0.05) is 12.1 Å². The van der Waals surface area contributed by atoms with Crippen molar-refractivity contribution in [2.75, 3.05) is 11.9 Å². The Kier molecular flexibility index (Phi) is 6.38. The van der Waals surface area contributed by atoms with Gasteiger partial charge < -0.3 is 25.5 Å². The molecular weight excluding hydrogens is 458 g/mol. The van der Waals surface area contributed by atoms with Crippen LogP contribution in [0, 0.1) is 6.92 Å². The monoisotopic (exact) mass is 481 g/mol. The average molecular weight is 481 g/mol. The van der Waals surface area contributed by atoms with Crippen molar-refractivity contribution in [2.45, 2.75) is 32.0 Å². The standard InChI is InChI=1S/C23H23N5O7/c1-12-9-27(23(34)26-21(12)32)11-19(30)25-14-4-2-3-13(7-14)17-5-6-18(35-17)22(33)28-10-15(29)8-16(28)20(24)31/h2-7,9,15-16,29H,8,10-11H2,1H3,(H2,24,31)(H,25,30)(H,26,32,34)/t15-,16+/m1/s1. The fourth-order valence-corrected chi connectivity index (χ4v) is 3.90. The minimum absolute atomic E-state index is 0.0254. The van der Waals surface area contributed by atoms with E-state index >= 15 is 0 Å². The second-order valence-corrected chi connectivity index (χ2v) is 8.26. The Balaban J connectivity index is 1.48. The maximum Gasteiger partial charge on any atom is 0.328 e. The van der Waals surface area contributed by atoms with Crippen LogP contribution in [0.3, 0.4) is 0 Å². The lowest BCUT2D eigenvalue weighted by Gasteiger charge is -2.20. The maximum absolute atomic E-state index is 12.8. The quantitative estimate of drug-likeness (QED) is 0.376. The Morgan fingerprint density at radius 3 is 2.74 bits per heavy atom. The molecule has 3 amide bonds. The summed E-state index contributed by atoms with van der Waals surface area (Å²) in [5, 5.41) is 12.5. The zero-order valence-corrected chi connectivity index (χ0v) is 18.7. The Hall–Kier alpha value is -4.45. The highest BCUT2D eigenvalue weighted by Crippen LogP contribution is 2.27. The zero-order valence-electron chi connectivity index (χ0n) is 18.7. The molecule has 3 aromatic rings. The van der Waals surface area contributed by atoms with Gasteiger partial charge in [0, 0.05) is 36.0 Å². The number of anilines is 1. The largest absolute Gasteiger partial charge is 0.451 e. The third-order valence-electron chi connectivity index (χ3n) is 5.62. The summed E-state index contributed by atoms with van der Waals surface area (Å²) in [4.78, 5) is 63.6. The molecule has 2 aromatic heterocycles. The second kappa shape index (κ2) is 9.43. The summed E-state index contributed by atoms with van der Waals surface area (Å²) in [7, 11) is 0. The summed E-state index contributed by atoms with van der Waals surface area (Å²) in [5.41, 5.74) is 5.42. The number of furan rings is 1. The SMILES string of the molecule is Cc1cn(CC(=O)Nc2cccc(-c3ccc(C(=O)N4C[C@H](O)C[C@H]4C(N)=O)o3)c2)c(=O)[nH]c1=O. The molecular formula is C23H23N5O7. The number of aryl methyl sites for hydroxylation is 1. The Morgan fingerprint density at radius 2 is 2.00 bits per heavy atom. The molecule has 3 heterocycles. The van der Waals surface area contributed by atoms with E-state index in [0.29, 0.717) is 22.6 Å². The van der Waals surface area contributed by atoms with Gasteiger partial charge in [0.15, 0.2) is 5.76 Å². The van der Waals surface area contributed by atoms with Crippen LogP contribution in [0.4, 0.5) is 5.69 Å². The van der Waals surface area contributed by atoms with E-state index < -0.39 is 41.1 Å². The van der Waals surface area contributed by atoms with Crippen molar-refractivity contribution in [1.82, 2.24) is 14.5 Å². The first-order valence-electron chi connectivity index (χ1n) is 10.7. The molecule has 0 aliphatic carbocycles. The number of amides is 3. The smallest absolute Gasteiger partial charge is 0.328 e. The molecule has 182 valence electrons. The number of carbonyl (C=O) groups excluding carboxylic acids is 3. The fourth-order valence-electron chi connectivity index (χ4n) is 3.90. The van der Waals surface area contributed by atoms with Crippen LogP contribution in [0.25, 0.3) is 11.3 Å². The van der Waals surface area contributed by atoms with Gasteiger partial charge in [-0.3, -0.25) is 28.7 Å². The molecule has 0 saturated carbocycles. The van der Waals surface area contributed by atoms with E-state index in [1.165, 1.54) is 24.1 Å². The number of benzene rings is 1. The summed E-state index contributed by atoms with van der Waals surface area (Å²) in [6.45, 7) is 1.20. The maximum atomic E-state index is 12.8. The van der Waals surface area contributed by atoms with E-state index in [-0.39, 0.29) is 25.3 Å². The number of hydrogen-bond acceptors (Lipinski definition) is 7. The molecule has 35 heavy (non-hydrogen) atoms. The van der Waals surface area contributed by atoms with Crippen molar-refractivity contribution in [3.8, 4) is 11.3 Å². The van der Waals surface area contributed by atoms with Gasteiger partial charge >= 0.3 is 5.69 Å². The topological polar surface area (TPSA) is 181 Å². The first-order chi connectivity index (χ1) is 16.6. The van der Waals surface area contributed by atoms with Crippen molar-refractivity contribution in [3.63, 3.8) is 0 Å². The molecule has 1 fully saturated rings. The van der Waals surface area contributed by atoms with E-state index in [1.807, 2.05) is 0 Å². The van der Waals surface area contributed by atoms with Crippen LogP contribution in [-0.2, 0) is 16.1 Å². The fraction of sp³-hybridized carbons (Fsp3) is 0.261. The number of nitrogens with two attached hydrogens (primary N) is 1. The molecule has 0 bridgehead atoms. The van der Waals surface area contributed by atoms with Crippen molar-refractivity contribution < 1.29 is 23.9 Å². The Bertz CT molecular complexity index is 1420. The molecule has 1 aliphatic rings. The average Bonchev–Trinajstić information content (AvgIpc) is 3.44. The number of likely N-dealkylation sites (tertiary alicyclic amines) is 1. The number of β-amino-alcohol motifs (C(OH)–C–C–N with tert-alkyl or cyclic N) is 1. The number of nitrogens with zero attached hydrogens (tertiary/aromatic N) is 2. The van der Waals surface area contributed by atoms with Gasteiger partial charge in [-0.2, -0.15) is 0 Å². The highest BCUT2D eigenvalue weighted by molar-refractivity contribution is 5.96. The number of aliphatic hydroxyl groups is 1. The van der Waals surface area contributed by atoms with Crippen molar-refractivity contribution in [2.24, 2.45) is 5.73 Å². The molecule has 2 atom stereocenters. The van der Waals surface area contributed by atoms with Gasteiger partial charge in [0.1, 0.15) is 18.3 Å². The lowest BCUT2D eigenvalue weighted by molar-refractivity contribution is -0.121. The minimum atomic E-state index is -0.914. The van der Waals surface area contributed by atoms with Crippen molar-refractivity contribution in [3.05, 3.63) is 74.8 Å². The first kappa shape index (κ1) is 23.7. The Labute approximate surface area is 198 Å². The number of carbonyl (C=O) groups is 3. The molecule has 1 aromatic carbocycles. The number of primary amides is 1. The number of H-pyrrole nitrogens is 1.